The Morgan fingerprint density at radius 1 is 1.30 bits per heavy atom. The lowest BCUT2D eigenvalue weighted by molar-refractivity contribution is -0.153. The first-order valence-corrected chi connectivity index (χ1v) is 6.39. The molecule has 0 saturated heterocycles. The smallest absolute Gasteiger partial charge is 0.422 e. The molecule has 108 valence electrons. The predicted molar refractivity (Wildman–Crippen MR) is 72.5 cm³/mol. The molecule has 0 spiro atoms. The van der Waals surface area contributed by atoms with Crippen molar-refractivity contribution in [3.63, 3.8) is 0 Å². The molecule has 0 radical (unpaired) electrons. The SMILES string of the molecule is C=C1NC(c2ccc(OCC(F)(F)F)cc2)=CCC1Cl. The highest BCUT2D eigenvalue weighted by atomic mass is 35.5. The van der Waals surface area contributed by atoms with E-state index in [4.69, 9.17) is 11.6 Å². The molecule has 0 aliphatic carbocycles. The minimum Gasteiger partial charge on any atom is -0.484 e. The van der Waals surface area contributed by atoms with Crippen molar-refractivity contribution in [2.75, 3.05) is 6.61 Å². The molecule has 0 aromatic heterocycles. The molecule has 0 bridgehead atoms. The Morgan fingerprint density at radius 3 is 2.50 bits per heavy atom. The third-order valence-electron chi connectivity index (χ3n) is 2.77. The second kappa shape index (κ2) is 5.79. The molecule has 0 saturated carbocycles. The van der Waals surface area contributed by atoms with E-state index in [2.05, 4.69) is 16.6 Å². The van der Waals surface area contributed by atoms with Crippen LogP contribution in [0, 0.1) is 0 Å². The fraction of sp³-hybridized carbons (Fsp3) is 0.286. The molecule has 1 aromatic carbocycles. The van der Waals surface area contributed by atoms with E-state index in [1.807, 2.05) is 6.08 Å². The van der Waals surface area contributed by atoms with Gasteiger partial charge in [-0.15, -0.1) is 11.6 Å². The molecule has 1 unspecified atom stereocenters. The summed E-state index contributed by atoms with van der Waals surface area (Å²) in [4.78, 5) is 0. The molecule has 1 atom stereocenters. The number of ether oxygens (including phenoxy) is 1. The maximum atomic E-state index is 12.0. The quantitative estimate of drug-likeness (QED) is 0.850. The Morgan fingerprint density at radius 2 is 1.95 bits per heavy atom. The number of nitrogens with one attached hydrogen (secondary N) is 1. The van der Waals surface area contributed by atoms with Gasteiger partial charge in [-0.05, 0) is 36.2 Å². The van der Waals surface area contributed by atoms with E-state index >= 15 is 0 Å². The van der Waals surface area contributed by atoms with Crippen molar-refractivity contribution >= 4 is 17.3 Å². The van der Waals surface area contributed by atoms with Crippen LogP contribution in [-0.2, 0) is 0 Å². The maximum absolute atomic E-state index is 12.0. The zero-order valence-electron chi connectivity index (χ0n) is 10.5. The predicted octanol–water partition coefficient (Wildman–Crippen LogP) is 4.08. The van der Waals surface area contributed by atoms with E-state index in [9.17, 15) is 13.2 Å². The first-order valence-electron chi connectivity index (χ1n) is 5.95. The lowest BCUT2D eigenvalue weighted by Crippen LogP contribution is -2.23. The second-order valence-corrected chi connectivity index (χ2v) is 4.93. The summed E-state index contributed by atoms with van der Waals surface area (Å²) < 4.78 is 40.7. The van der Waals surface area contributed by atoms with Crippen molar-refractivity contribution in [1.82, 2.24) is 5.32 Å². The fourth-order valence-electron chi connectivity index (χ4n) is 1.75. The Bertz CT molecular complexity index is 522. The molecule has 0 amide bonds. The molecule has 1 aliphatic rings. The Labute approximate surface area is 119 Å². The van der Waals surface area contributed by atoms with Gasteiger partial charge < -0.3 is 10.1 Å². The number of hydrogen-bond donors (Lipinski definition) is 1. The highest BCUT2D eigenvalue weighted by Gasteiger charge is 2.28. The number of alkyl halides is 4. The van der Waals surface area contributed by atoms with Crippen molar-refractivity contribution in [2.45, 2.75) is 18.0 Å². The molecule has 1 heterocycles. The summed E-state index contributed by atoms with van der Waals surface area (Å²) in [6.45, 7) is 2.52. The van der Waals surface area contributed by atoms with Crippen molar-refractivity contribution in [2.24, 2.45) is 0 Å². The van der Waals surface area contributed by atoms with E-state index in [0.29, 0.717) is 12.1 Å². The molecule has 2 nitrogen and oxygen atoms in total. The molecule has 1 aliphatic heterocycles. The van der Waals surface area contributed by atoms with Crippen LogP contribution >= 0.6 is 11.6 Å². The number of halogens is 4. The molecular formula is C14H13ClF3NO. The van der Waals surface area contributed by atoms with Gasteiger partial charge in [-0.3, -0.25) is 0 Å². The fourth-order valence-corrected chi connectivity index (χ4v) is 1.90. The van der Waals surface area contributed by atoms with Crippen LogP contribution < -0.4 is 10.1 Å². The lowest BCUT2D eigenvalue weighted by Gasteiger charge is -2.22. The van der Waals surface area contributed by atoms with E-state index in [0.717, 1.165) is 11.3 Å². The van der Waals surface area contributed by atoms with Crippen LogP contribution in [0.4, 0.5) is 13.2 Å². The molecular weight excluding hydrogens is 291 g/mol. The Kier molecular flexibility index (Phi) is 4.28. The van der Waals surface area contributed by atoms with Gasteiger partial charge in [0.15, 0.2) is 6.61 Å². The van der Waals surface area contributed by atoms with E-state index in [1.165, 1.54) is 12.1 Å². The molecule has 1 N–H and O–H groups in total. The molecule has 6 heteroatoms. The third-order valence-corrected chi connectivity index (χ3v) is 3.21. The van der Waals surface area contributed by atoms with E-state index < -0.39 is 12.8 Å². The normalized spacial score (nSPS) is 19.3. The van der Waals surface area contributed by atoms with Crippen molar-refractivity contribution in [3.05, 3.63) is 48.2 Å². The minimum atomic E-state index is -4.33. The van der Waals surface area contributed by atoms with E-state index in [-0.39, 0.29) is 11.1 Å². The first-order chi connectivity index (χ1) is 9.35. The third kappa shape index (κ3) is 3.93. The zero-order valence-corrected chi connectivity index (χ0v) is 11.3. The van der Waals surface area contributed by atoms with Crippen LogP contribution in [0.2, 0.25) is 0 Å². The average Bonchev–Trinajstić information content (AvgIpc) is 2.39. The second-order valence-electron chi connectivity index (χ2n) is 4.40. The summed E-state index contributed by atoms with van der Waals surface area (Å²) in [5.74, 6) is 0.177. The molecule has 20 heavy (non-hydrogen) atoms. The lowest BCUT2D eigenvalue weighted by atomic mass is 10.1. The van der Waals surface area contributed by atoms with Gasteiger partial charge in [-0.2, -0.15) is 13.2 Å². The molecule has 0 fully saturated rings. The number of benzene rings is 1. The van der Waals surface area contributed by atoms with Crippen LogP contribution in [0.3, 0.4) is 0 Å². The van der Waals surface area contributed by atoms with Gasteiger partial charge in [0.05, 0.1) is 5.38 Å². The van der Waals surface area contributed by atoms with Crippen molar-refractivity contribution in [1.29, 1.82) is 0 Å². The van der Waals surface area contributed by atoms with Gasteiger partial charge in [0.25, 0.3) is 0 Å². The summed E-state index contributed by atoms with van der Waals surface area (Å²) in [5, 5.41) is 2.93. The molecule has 2 rings (SSSR count). The van der Waals surface area contributed by atoms with Gasteiger partial charge in [-0.1, -0.05) is 12.7 Å². The monoisotopic (exact) mass is 303 g/mol. The Balaban J connectivity index is 2.03. The van der Waals surface area contributed by atoms with Crippen molar-refractivity contribution < 1.29 is 17.9 Å². The number of hydrogen-bond acceptors (Lipinski definition) is 2. The first kappa shape index (κ1) is 14.8. The topological polar surface area (TPSA) is 21.3 Å². The van der Waals surface area contributed by atoms with E-state index in [1.54, 1.807) is 12.1 Å². The summed E-state index contributed by atoms with van der Waals surface area (Å²) in [6, 6.07) is 6.37. The maximum Gasteiger partial charge on any atom is 0.422 e. The largest absolute Gasteiger partial charge is 0.484 e. The minimum absolute atomic E-state index is 0.145. The summed E-state index contributed by atoms with van der Waals surface area (Å²) in [6.07, 6.45) is -1.74. The number of rotatable bonds is 3. The standard InChI is InChI=1S/C14H13ClF3NO/c1-9-12(15)6-7-13(19-9)10-2-4-11(5-3-10)20-8-14(16,17)18/h2-5,7,12,19H,1,6,8H2. The number of allylic oxidation sites excluding steroid dienone is 2. The van der Waals surface area contributed by atoms with Crippen LogP contribution in [-0.4, -0.2) is 18.2 Å². The van der Waals surface area contributed by atoms with Gasteiger partial charge in [0.2, 0.25) is 0 Å². The summed E-state index contributed by atoms with van der Waals surface area (Å²) >= 11 is 6.00. The average molecular weight is 304 g/mol. The van der Waals surface area contributed by atoms with Gasteiger partial charge in [-0.25, -0.2) is 0 Å². The summed E-state index contributed by atoms with van der Waals surface area (Å²) in [5.41, 5.74) is 2.39. The van der Waals surface area contributed by atoms with Crippen LogP contribution in [0.15, 0.2) is 42.6 Å². The van der Waals surface area contributed by atoms with Gasteiger partial charge in [0, 0.05) is 11.4 Å². The van der Waals surface area contributed by atoms with Crippen molar-refractivity contribution in [3.8, 4) is 5.75 Å². The van der Waals surface area contributed by atoms with Gasteiger partial charge in [0.1, 0.15) is 5.75 Å². The van der Waals surface area contributed by atoms with Crippen LogP contribution in [0.1, 0.15) is 12.0 Å². The highest BCUT2D eigenvalue weighted by Crippen LogP contribution is 2.26. The van der Waals surface area contributed by atoms with Gasteiger partial charge >= 0.3 is 6.18 Å². The highest BCUT2D eigenvalue weighted by molar-refractivity contribution is 6.22. The Hall–Kier alpha value is -1.62. The van der Waals surface area contributed by atoms with Crippen LogP contribution in [0.25, 0.3) is 5.70 Å². The summed E-state index contributed by atoms with van der Waals surface area (Å²) in [7, 11) is 0. The zero-order chi connectivity index (χ0) is 14.8. The van der Waals surface area contributed by atoms with Crippen LogP contribution in [0.5, 0.6) is 5.75 Å². The molecule has 1 aromatic rings.